The SMILES string of the molecule is CC(=O)CN(C)C(=O)c1cc(Cl)cc(Br)c1NC(=O)c1cc(Br)cn1-c1ncccc1Cl. The topological polar surface area (TPSA) is 84.3 Å². The monoisotopic (exact) mass is 600 g/mol. The lowest BCUT2D eigenvalue weighted by atomic mass is 10.1. The third-order valence-corrected chi connectivity index (χ3v) is 5.89. The molecule has 0 aliphatic heterocycles. The zero-order valence-corrected chi connectivity index (χ0v) is 21.5. The lowest BCUT2D eigenvalue weighted by molar-refractivity contribution is -0.117. The summed E-state index contributed by atoms with van der Waals surface area (Å²) < 4.78 is 2.58. The van der Waals surface area contributed by atoms with Gasteiger partial charge in [-0.2, -0.15) is 0 Å². The van der Waals surface area contributed by atoms with Crippen LogP contribution in [0.25, 0.3) is 5.82 Å². The Morgan fingerprint density at radius 1 is 1.19 bits per heavy atom. The second-order valence-electron chi connectivity index (χ2n) is 6.85. The molecule has 0 saturated heterocycles. The van der Waals surface area contributed by atoms with Gasteiger partial charge in [0.2, 0.25) is 0 Å². The van der Waals surface area contributed by atoms with Crippen molar-refractivity contribution in [3.63, 3.8) is 0 Å². The number of nitrogens with one attached hydrogen (secondary N) is 1. The minimum atomic E-state index is -0.510. The van der Waals surface area contributed by atoms with Gasteiger partial charge in [-0.15, -0.1) is 0 Å². The predicted molar refractivity (Wildman–Crippen MR) is 131 cm³/mol. The van der Waals surface area contributed by atoms with Crippen LogP contribution < -0.4 is 5.32 Å². The highest BCUT2D eigenvalue weighted by atomic mass is 79.9. The van der Waals surface area contributed by atoms with Gasteiger partial charge in [-0.3, -0.25) is 19.0 Å². The zero-order chi connectivity index (χ0) is 23.6. The molecule has 11 heteroatoms. The Labute approximate surface area is 211 Å². The number of anilines is 1. The van der Waals surface area contributed by atoms with Crippen molar-refractivity contribution in [2.75, 3.05) is 18.9 Å². The molecule has 166 valence electrons. The van der Waals surface area contributed by atoms with Crippen LogP contribution in [0, 0.1) is 0 Å². The molecule has 3 aromatic rings. The Morgan fingerprint density at radius 2 is 1.91 bits per heavy atom. The summed E-state index contributed by atoms with van der Waals surface area (Å²) in [5.74, 6) is -0.785. The van der Waals surface area contributed by atoms with E-state index in [0.29, 0.717) is 24.8 Å². The number of pyridine rings is 1. The molecule has 0 bridgehead atoms. The average molecular weight is 603 g/mol. The lowest BCUT2D eigenvalue weighted by Crippen LogP contribution is -2.32. The molecule has 1 N–H and O–H groups in total. The van der Waals surface area contributed by atoms with Crippen LogP contribution >= 0.6 is 55.1 Å². The fourth-order valence-corrected chi connectivity index (χ4v) is 4.54. The number of rotatable bonds is 6. The number of hydrogen-bond acceptors (Lipinski definition) is 4. The fraction of sp³-hybridized carbons (Fsp3) is 0.143. The number of hydrogen-bond donors (Lipinski definition) is 1. The zero-order valence-electron chi connectivity index (χ0n) is 16.8. The summed E-state index contributed by atoms with van der Waals surface area (Å²) >= 11 is 19.1. The number of carbonyl (C=O) groups excluding carboxylic acids is 3. The van der Waals surface area contributed by atoms with Crippen LogP contribution in [-0.4, -0.2) is 45.6 Å². The molecule has 0 fully saturated rings. The van der Waals surface area contributed by atoms with Gasteiger partial charge in [-0.1, -0.05) is 23.2 Å². The predicted octanol–water partition coefficient (Wildman–Crippen LogP) is 5.62. The number of amides is 2. The Morgan fingerprint density at radius 3 is 2.56 bits per heavy atom. The van der Waals surface area contributed by atoms with E-state index < -0.39 is 11.8 Å². The second-order valence-corrected chi connectivity index (χ2v) is 9.46. The molecule has 0 atom stereocenters. The standard InChI is InChI=1S/C21H16Br2Cl2N4O3/c1-11(30)9-28(2)21(32)14-7-13(24)8-15(23)18(14)27-20(31)17-6-12(22)10-29(17)19-16(25)4-3-5-26-19/h3-8,10H,9H2,1-2H3,(H,27,31). The van der Waals surface area contributed by atoms with Crippen molar-refractivity contribution >= 4 is 78.3 Å². The van der Waals surface area contributed by atoms with Gasteiger partial charge in [0.15, 0.2) is 5.82 Å². The number of aromatic nitrogens is 2. The molecule has 2 heterocycles. The molecular weight excluding hydrogens is 587 g/mol. The maximum absolute atomic E-state index is 13.2. The van der Waals surface area contributed by atoms with Gasteiger partial charge in [0.1, 0.15) is 11.5 Å². The minimum Gasteiger partial charge on any atom is -0.334 e. The van der Waals surface area contributed by atoms with E-state index in [-0.39, 0.29) is 29.3 Å². The van der Waals surface area contributed by atoms with E-state index in [4.69, 9.17) is 23.2 Å². The van der Waals surface area contributed by atoms with Crippen molar-refractivity contribution in [1.82, 2.24) is 14.5 Å². The van der Waals surface area contributed by atoms with Crippen LogP contribution in [0.3, 0.4) is 0 Å². The van der Waals surface area contributed by atoms with Crippen molar-refractivity contribution in [1.29, 1.82) is 0 Å². The molecule has 7 nitrogen and oxygen atoms in total. The Hall–Kier alpha value is -2.20. The van der Waals surface area contributed by atoms with Gasteiger partial charge < -0.3 is 10.2 Å². The number of ketones is 1. The first-order valence-corrected chi connectivity index (χ1v) is 11.5. The molecule has 0 aliphatic rings. The number of carbonyl (C=O) groups is 3. The first-order valence-electron chi connectivity index (χ1n) is 9.12. The highest BCUT2D eigenvalue weighted by Gasteiger charge is 2.24. The fourth-order valence-electron chi connectivity index (χ4n) is 2.99. The summed E-state index contributed by atoms with van der Waals surface area (Å²) in [5.41, 5.74) is 0.583. The van der Waals surface area contributed by atoms with Gasteiger partial charge in [0.05, 0.1) is 22.8 Å². The first kappa shape index (κ1) is 24.4. The number of likely N-dealkylation sites (N-methyl/N-ethyl adjacent to an activating group) is 1. The molecule has 0 saturated carbocycles. The molecule has 2 amide bonds. The summed E-state index contributed by atoms with van der Waals surface area (Å²) in [5, 5.41) is 3.42. The van der Waals surface area contributed by atoms with E-state index in [1.165, 1.54) is 29.5 Å². The molecule has 0 unspecified atom stereocenters. The summed E-state index contributed by atoms with van der Waals surface area (Å²) in [6.07, 6.45) is 3.22. The van der Waals surface area contributed by atoms with Crippen LogP contribution in [0.15, 0.2) is 51.7 Å². The maximum atomic E-state index is 13.2. The summed E-state index contributed by atoms with van der Waals surface area (Å²) in [6.45, 7) is 1.31. The van der Waals surface area contributed by atoms with Crippen molar-refractivity contribution in [2.24, 2.45) is 0 Å². The van der Waals surface area contributed by atoms with Crippen LogP contribution in [0.5, 0.6) is 0 Å². The van der Waals surface area contributed by atoms with Crippen molar-refractivity contribution in [2.45, 2.75) is 6.92 Å². The molecule has 0 aliphatic carbocycles. The van der Waals surface area contributed by atoms with Crippen LogP contribution in [0.4, 0.5) is 5.69 Å². The lowest BCUT2D eigenvalue weighted by Gasteiger charge is -2.19. The van der Waals surface area contributed by atoms with Crippen molar-refractivity contribution < 1.29 is 14.4 Å². The molecular formula is C21H16Br2Cl2N4O3. The molecule has 1 aromatic carbocycles. The number of halogens is 4. The first-order chi connectivity index (χ1) is 15.1. The van der Waals surface area contributed by atoms with Crippen LogP contribution in [0.1, 0.15) is 27.8 Å². The average Bonchev–Trinajstić information content (AvgIpc) is 3.10. The molecule has 3 rings (SSSR count). The van der Waals surface area contributed by atoms with E-state index in [9.17, 15) is 14.4 Å². The van der Waals surface area contributed by atoms with Crippen molar-refractivity contribution in [3.05, 3.63) is 73.0 Å². The summed E-state index contributed by atoms with van der Waals surface area (Å²) in [4.78, 5) is 43.2. The highest BCUT2D eigenvalue weighted by Crippen LogP contribution is 2.32. The van der Waals surface area contributed by atoms with Crippen LogP contribution in [-0.2, 0) is 4.79 Å². The van der Waals surface area contributed by atoms with Gasteiger partial charge in [-0.05, 0) is 69.1 Å². The molecule has 32 heavy (non-hydrogen) atoms. The number of Topliss-reactive ketones (excluding diaryl/α,β-unsaturated/α-hetero) is 1. The second kappa shape index (κ2) is 10.2. The van der Waals surface area contributed by atoms with Gasteiger partial charge in [0.25, 0.3) is 11.8 Å². The Kier molecular flexibility index (Phi) is 7.76. The van der Waals surface area contributed by atoms with Crippen LogP contribution in [0.2, 0.25) is 10.0 Å². The molecule has 2 aromatic heterocycles. The molecule has 0 spiro atoms. The summed E-state index contributed by atoms with van der Waals surface area (Å²) in [6, 6.07) is 7.95. The number of nitrogens with zero attached hydrogens (tertiary/aromatic N) is 3. The van der Waals surface area contributed by atoms with Crippen molar-refractivity contribution in [3.8, 4) is 5.82 Å². The highest BCUT2D eigenvalue weighted by molar-refractivity contribution is 9.10. The Balaban J connectivity index is 2.02. The normalized spacial score (nSPS) is 10.7. The van der Waals surface area contributed by atoms with Gasteiger partial charge >= 0.3 is 0 Å². The van der Waals surface area contributed by atoms with E-state index in [1.54, 1.807) is 36.7 Å². The summed E-state index contributed by atoms with van der Waals surface area (Å²) in [7, 11) is 1.50. The maximum Gasteiger partial charge on any atom is 0.272 e. The third-order valence-electron chi connectivity index (χ3n) is 4.32. The van der Waals surface area contributed by atoms with E-state index >= 15 is 0 Å². The van der Waals surface area contributed by atoms with E-state index in [2.05, 4.69) is 42.2 Å². The van der Waals surface area contributed by atoms with E-state index in [1.807, 2.05) is 0 Å². The molecule has 0 radical (unpaired) electrons. The smallest absolute Gasteiger partial charge is 0.272 e. The Bertz CT molecular complexity index is 1230. The third kappa shape index (κ3) is 5.40. The largest absolute Gasteiger partial charge is 0.334 e. The van der Waals surface area contributed by atoms with Gasteiger partial charge in [0, 0.05) is 33.4 Å². The van der Waals surface area contributed by atoms with Gasteiger partial charge in [-0.25, -0.2) is 4.98 Å². The minimum absolute atomic E-state index is 0.0790. The van der Waals surface area contributed by atoms with E-state index in [0.717, 1.165) is 0 Å². The number of benzene rings is 1. The quantitative estimate of drug-likeness (QED) is 0.397.